The zero-order valence-electron chi connectivity index (χ0n) is 11.1. The molecule has 0 heterocycles. The first-order valence-corrected chi connectivity index (χ1v) is 8.33. The van der Waals surface area contributed by atoms with Gasteiger partial charge in [0, 0.05) is 11.3 Å². The van der Waals surface area contributed by atoms with Gasteiger partial charge in [-0.15, -0.1) is 0 Å². The molecule has 3 N–H and O–H groups in total. The molecule has 0 aromatic carbocycles. The lowest BCUT2D eigenvalue weighted by atomic mass is 9.62. The molecule has 0 radical (unpaired) electrons. The third-order valence-corrected chi connectivity index (χ3v) is 5.93. The van der Waals surface area contributed by atoms with Crippen LogP contribution in [0.3, 0.4) is 0 Å². The Hall–Kier alpha value is -0.290. The highest BCUT2D eigenvalue weighted by Crippen LogP contribution is 2.46. The fraction of sp³-hybridized carbons (Fsp3) is 0.846. The van der Waals surface area contributed by atoms with E-state index in [1.54, 1.807) is 0 Å². The van der Waals surface area contributed by atoms with Crippen molar-refractivity contribution >= 4 is 34.9 Å². The molecule has 2 saturated carbocycles. The number of amides is 1. The first-order chi connectivity index (χ1) is 8.49. The molecule has 2 unspecified atom stereocenters. The van der Waals surface area contributed by atoms with E-state index in [0.717, 1.165) is 19.3 Å². The average molecular weight is 286 g/mol. The molecule has 0 aromatic rings. The summed E-state index contributed by atoms with van der Waals surface area (Å²) in [5.74, 6) is 0.622. The van der Waals surface area contributed by atoms with Gasteiger partial charge < -0.3 is 11.1 Å². The standard InChI is InChI=1S/C13H22N2OS2/c1-8-6-13(7-8,11(14)17)12(16)15-9-4-3-5-10(9)18-2/h8-10H,3-7H2,1-2H3,(H2,14,17)(H,15,16). The summed E-state index contributed by atoms with van der Waals surface area (Å²) in [7, 11) is 0. The van der Waals surface area contributed by atoms with Gasteiger partial charge in [0.15, 0.2) is 0 Å². The summed E-state index contributed by atoms with van der Waals surface area (Å²) in [5, 5.41) is 3.75. The minimum Gasteiger partial charge on any atom is -0.392 e. The molecule has 2 fully saturated rings. The highest BCUT2D eigenvalue weighted by atomic mass is 32.2. The fourth-order valence-corrected chi connectivity index (χ4v) is 4.50. The van der Waals surface area contributed by atoms with Gasteiger partial charge in [0.1, 0.15) is 0 Å². The van der Waals surface area contributed by atoms with E-state index in [9.17, 15) is 4.79 Å². The molecule has 102 valence electrons. The van der Waals surface area contributed by atoms with Crippen LogP contribution in [0.15, 0.2) is 0 Å². The third-order valence-electron chi connectivity index (χ3n) is 4.37. The Bertz CT molecular complexity index is 353. The van der Waals surface area contributed by atoms with Crippen LogP contribution in [0.25, 0.3) is 0 Å². The summed E-state index contributed by atoms with van der Waals surface area (Å²) < 4.78 is 0. The topological polar surface area (TPSA) is 55.1 Å². The van der Waals surface area contributed by atoms with Crippen molar-refractivity contribution in [3.8, 4) is 0 Å². The minimum atomic E-state index is -0.555. The first kappa shape index (κ1) is 14.1. The molecule has 0 saturated heterocycles. The van der Waals surface area contributed by atoms with Gasteiger partial charge in [-0.05, 0) is 37.9 Å². The molecule has 2 rings (SSSR count). The van der Waals surface area contributed by atoms with Crippen molar-refractivity contribution < 1.29 is 4.79 Å². The van der Waals surface area contributed by atoms with E-state index >= 15 is 0 Å². The molecular weight excluding hydrogens is 264 g/mol. The number of hydrogen-bond donors (Lipinski definition) is 2. The van der Waals surface area contributed by atoms with Gasteiger partial charge >= 0.3 is 0 Å². The van der Waals surface area contributed by atoms with Crippen molar-refractivity contribution in [3.05, 3.63) is 0 Å². The molecule has 0 aromatic heterocycles. The summed E-state index contributed by atoms with van der Waals surface area (Å²) in [6.07, 6.45) is 7.22. The lowest BCUT2D eigenvalue weighted by Gasteiger charge is -2.44. The summed E-state index contributed by atoms with van der Waals surface area (Å²) >= 11 is 6.97. The van der Waals surface area contributed by atoms with E-state index in [0.29, 0.717) is 22.2 Å². The molecule has 5 heteroatoms. The van der Waals surface area contributed by atoms with E-state index in [1.165, 1.54) is 12.8 Å². The lowest BCUT2D eigenvalue weighted by Crippen LogP contribution is -2.58. The minimum absolute atomic E-state index is 0.0686. The average Bonchev–Trinajstić information content (AvgIpc) is 2.71. The Balaban J connectivity index is 2.00. The van der Waals surface area contributed by atoms with Gasteiger partial charge in [-0.2, -0.15) is 11.8 Å². The van der Waals surface area contributed by atoms with Gasteiger partial charge in [-0.25, -0.2) is 0 Å². The van der Waals surface area contributed by atoms with E-state index in [4.69, 9.17) is 18.0 Å². The number of nitrogens with two attached hydrogens (primary N) is 1. The highest BCUT2D eigenvalue weighted by Gasteiger charge is 2.51. The molecule has 2 atom stereocenters. The Kier molecular flexibility index (Phi) is 4.22. The van der Waals surface area contributed by atoms with Crippen LogP contribution in [-0.2, 0) is 4.79 Å². The molecule has 2 aliphatic rings. The molecular formula is C13H22N2OS2. The van der Waals surface area contributed by atoms with Crippen LogP contribution >= 0.6 is 24.0 Å². The zero-order chi connectivity index (χ0) is 13.3. The third kappa shape index (κ3) is 2.39. The smallest absolute Gasteiger partial charge is 0.233 e. The Morgan fingerprint density at radius 3 is 2.61 bits per heavy atom. The number of rotatable bonds is 4. The Labute approximate surface area is 119 Å². The van der Waals surface area contributed by atoms with E-state index < -0.39 is 5.41 Å². The summed E-state index contributed by atoms with van der Waals surface area (Å²) in [6, 6.07) is 0.301. The van der Waals surface area contributed by atoms with Crippen molar-refractivity contribution in [2.45, 2.75) is 50.3 Å². The maximum absolute atomic E-state index is 12.5. The summed E-state index contributed by atoms with van der Waals surface area (Å²) in [5.41, 5.74) is 5.25. The van der Waals surface area contributed by atoms with Gasteiger partial charge in [-0.3, -0.25) is 4.79 Å². The van der Waals surface area contributed by atoms with E-state index in [-0.39, 0.29) is 5.91 Å². The van der Waals surface area contributed by atoms with Crippen LogP contribution in [0.4, 0.5) is 0 Å². The number of thiocarbonyl (C=S) groups is 1. The molecule has 1 amide bonds. The van der Waals surface area contributed by atoms with E-state index in [1.807, 2.05) is 11.8 Å². The molecule has 0 spiro atoms. The highest BCUT2D eigenvalue weighted by molar-refractivity contribution is 7.99. The van der Waals surface area contributed by atoms with Crippen LogP contribution < -0.4 is 11.1 Å². The zero-order valence-corrected chi connectivity index (χ0v) is 12.7. The molecule has 2 aliphatic carbocycles. The van der Waals surface area contributed by atoms with Crippen molar-refractivity contribution in [2.75, 3.05) is 6.26 Å². The van der Waals surface area contributed by atoms with Gasteiger partial charge in [0.2, 0.25) is 5.91 Å². The predicted molar refractivity (Wildman–Crippen MR) is 80.7 cm³/mol. The number of thioether (sulfide) groups is 1. The number of carbonyl (C=O) groups excluding carboxylic acids is 1. The van der Waals surface area contributed by atoms with Gasteiger partial charge in [0.25, 0.3) is 0 Å². The largest absolute Gasteiger partial charge is 0.392 e. The monoisotopic (exact) mass is 286 g/mol. The normalized spacial score (nSPS) is 39.1. The quantitative estimate of drug-likeness (QED) is 0.777. The fourth-order valence-electron chi connectivity index (χ4n) is 3.31. The summed E-state index contributed by atoms with van der Waals surface area (Å²) in [6.45, 7) is 2.14. The van der Waals surface area contributed by atoms with Crippen LogP contribution in [0.5, 0.6) is 0 Å². The number of carbonyl (C=O) groups is 1. The van der Waals surface area contributed by atoms with Crippen molar-refractivity contribution in [1.29, 1.82) is 0 Å². The lowest BCUT2D eigenvalue weighted by molar-refractivity contribution is -0.133. The maximum atomic E-state index is 12.5. The number of hydrogen-bond acceptors (Lipinski definition) is 3. The van der Waals surface area contributed by atoms with Gasteiger partial charge in [0.05, 0.1) is 10.4 Å². The second-order valence-electron chi connectivity index (χ2n) is 5.74. The van der Waals surface area contributed by atoms with Crippen molar-refractivity contribution in [2.24, 2.45) is 17.1 Å². The van der Waals surface area contributed by atoms with Crippen molar-refractivity contribution in [1.82, 2.24) is 5.32 Å². The summed E-state index contributed by atoms with van der Waals surface area (Å²) in [4.78, 5) is 12.8. The predicted octanol–water partition coefficient (Wildman–Crippen LogP) is 2.09. The molecule has 0 bridgehead atoms. The van der Waals surface area contributed by atoms with Crippen LogP contribution in [0.2, 0.25) is 0 Å². The SMILES string of the molecule is CSC1CCCC1NC(=O)C1(C(N)=S)CC(C)C1. The first-order valence-electron chi connectivity index (χ1n) is 6.63. The molecule has 0 aliphatic heterocycles. The van der Waals surface area contributed by atoms with Crippen LogP contribution in [0, 0.1) is 11.3 Å². The Morgan fingerprint density at radius 2 is 2.11 bits per heavy atom. The second kappa shape index (κ2) is 5.37. The van der Waals surface area contributed by atoms with E-state index in [2.05, 4.69) is 18.5 Å². The molecule has 18 heavy (non-hydrogen) atoms. The Morgan fingerprint density at radius 1 is 1.44 bits per heavy atom. The second-order valence-corrected chi connectivity index (χ2v) is 7.26. The number of nitrogens with one attached hydrogen (secondary N) is 1. The maximum Gasteiger partial charge on any atom is 0.233 e. The van der Waals surface area contributed by atoms with Crippen LogP contribution in [-0.4, -0.2) is 28.4 Å². The van der Waals surface area contributed by atoms with Gasteiger partial charge in [-0.1, -0.05) is 25.6 Å². The van der Waals surface area contributed by atoms with Crippen LogP contribution in [0.1, 0.15) is 39.0 Å². The van der Waals surface area contributed by atoms with Crippen molar-refractivity contribution in [3.63, 3.8) is 0 Å². The molecule has 3 nitrogen and oxygen atoms in total.